The Morgan fingerprint density at radius 2 is 2.23 bits per heavy atom. The molecule has 3 rings (SSSR count). The number of carbonyl (C=O) groups is 1. The predicted molar refractivity (Wildman–Crippen MR) is 81.8 cm³/mol. The van der Waals surface area contributed by atoms with E-state index in [9.17, 15) is 14.0 Å². The molecule has 0 bridgehead atoms. The fraction of sp³-hybridized carbons (Fsp3) is 0.143. The van der Waals surface area contributed by atoms with Gasteiger partial charge in [-0.3, -0.25) is 14.9 Å². The molecule has 22 heavy (non-hydrogen) atoms. The van der Waals surface area contributed by atoms with Crippen LogP contribution in [0.5, 0.6) is 0 Å². The van der Waals surface area contributed by atoms with Crippen LogP contribution in [-0.4, -0.2) is 21.1 Å². The summed E-state index contributed by atoms with van der Waals surface area (Å²) in [6, 6.07) is 4.13. The summed E-state index contributed by atoms with van der Waals surface area (Å²) in [4.78, 5) is 27.1. The van der Waals surface area contributed by atoms with E-state index in [0.717, 1.165) is 5.01 Å². The highest BCUT2D eigenvalue weighted by atomic mass is 32.1. The number of aromatic amines is 1. The van der Waals surface area contributed by atoms with Gasteiger partial charge >= 0.3 is 0 Å². The van der Waals surface area contributed by atoms with Gasteiger partial charge in [-0.1, -0.05) is 24.3 Å². The number of aromatic nitrogens is 3. The number of amides is 1. The molecule has 1 aromatic carbocycles. The number of nitrogens with zero attached hydrogens (tertiary/aromatic N) is 2. The third-order valence-corrected chi connectivity index (χ3v) is 4.08. The Labute approximate surface area is 128 Å². The van der Waals surface area contributed by atoms with E-state index in [-0.39, 0.29) is 16.5 Å². The van der Waals surface area contributed by atoms with Crippen molar-refractivity contribution in [3.8, 4) is 0 Å². The highest BCUT2D eigenvalue weighted by Gasteiger charge is 2.16. The van der Waals surface area contributed by atoms with Crippen LogP contribution in [-0.2, 0) is 6.42 Å². The lowest BCUT2D eigenvalue weighted by Gasteiger charge is -2.03. The summed E-state index contributed by atoms with van der Waals surface area (Å²) < 4.78 is 13.6. The number of benzene rings is 1. The summed E-state index contributed by atoms with van der Waals surface area (Å²) in [5.41, 5.74) is -0.564. The van der Waals surface area contributed by atoms with E-state index >= 15 is 0 Å². The SMILES string of the molecule is CCc1nnc(NC(=O)c2c[nH]c3c(F)cccc3c2=O)s1. The molecule has 1 amide bonds. The lowest BCUT2D eigenvalue weighted by molar-refractivity contribution is 0.102. The van der Waals surface area contributed by atoms with Crippen molar-refractivity contribution in [1.29, 1.82) is 0 Å². The molecule has 0 unspecified atom stereocenters. The van der Waals surface area contributed by atoms with Crippen LogP contribution >= 0.6 is 11.3 Å². The van der Waals surface area contributed by atoms with Crippen LogP contribution in [0.4, 0.5) is 9.52 Å². The fourth-order valence-corrected chi connectivity index (χ4v) is 2.67. The van der Waals surface area contributed by atoms with Gasteiger partial charge in [-0.05, 0) is 18.6 Å². The predicted octanol–water partition coefficient (Wildman–Crippen LogP) is 2.33. The molecule has 112 valence electrons. The van der Waals surface area contributed by atoms with Crippen molar-refractivity contribution in [3.63, 3.8) is 0 Å². The van der Waals surface area contributed by atoms with Crippen molar-refractivity contribution in [2.45, 2.75) is 13.3 Å². The van der Waals surface area contributed by atoms with Crippen LogP contribution in [0.1, 0.15) is 22.3 Å². The molecular formula is C14H11FN4O2S. The van der Waals surface area contributed by atoms with Gasteiger partial charge in [0.2, 0.25) is 10.6 Å². The van der Waals surface area contributed by atoms with Crippen molar-refractivity contribution >= 4 is 33.3 Å². The Bertz CT molecular complexity index is 919. The Morgan fingerprint density at radius 1 is 1.41 bits per heavy atom. The van der Waals surface area contributed by atoms with Crippen molar-refractivity contribution in [2.75, 3.05) is 5.32 Å². The number of aryl methyl sites for hydroxylation is 1. The minimum absolute atomic E-state index is 0.0771. The summed E-state index contributed by atoms with van der Waals surface area (Å²) in [6.07, 6.45) is 1.91. The van der Waals surface area contributed by atoms with Gasteiger partial charge < -0.3 is 4.98 Å². The number of halogens is 1. The van der Waals surface area contributed by atoms with E-state index < -0.39 is 17.2 Å². The van der Waals surface area contributed by atoms with Crippen LogP contribution in [0.2, 0.25) is 0 Å². The molecule has 0 aliphatic heterocycles. The summed E-state index contributed by atoms with van der Waals surface area (Å²) in [5.74, 6) is -1.15. The first kappa shape index (κ1) is 14.3. The number of H-pyrrole nitrogens is 1. The van der Waals surface area contributed by atoms with Gasteiger partial charge in [-0.25, -0.2) is 4.39 Å². The van der Waals surface area contributed by atoms with Gasteiger partial charge in [0.1, 0.15) is 16.4 Å². The molecule has 2 N–H and O–H groups in total. The Hall–Kier alpha value is -2.61. The van der Waals surface area contributed by atoms with Crippen molar-refractivity contribution in [3.05, 3.63) is 51.0 Å². The zero-order valence-electron chi connectivity index (χ0n) is 11.5. The molecule has 6 nitrogen and oxygen atoms in total. The average Bonchev–Trinajstić information content (AvgIpc) is 2.96. The second-order valence-corrected chi connectivity index (χ2v) is 5.56. The van der Waals surface area contributed by atoms with Gasteiger partial charge in [0, 0.05) is 11.6 Å². The highest BCUT2D eigenvalue weighted by Crippen LogP contribution is 2.17. The summed E-state index contributed by atoms with van der Waals surface area (Å²) in [7, 11) is 0. The van der Waals surface area contributed by atoms with Crippen molar-refractivity contribution in [1.82, 2.24) is 15.2 Å². The zero-order chi connectivity index (χ0) is 15.7. The molecule has 0 aliphatic carbocycles. The fourth-order valence-electron chi connectivity index (χ4n) is 2.00. The topological polar surface area (TPSA) is 87.7 Å². The number of rotatable bonds is 3. The normalized spacial score (nSPS) is 10.8. The molecule has 8 heteroatoms. The smallest absolute Gasteiger partial charge is 0.262 e. The third-order valence-electron chi connectivity index (χ3n) is 3.10. The van der Waals surface area contributed by atoms with E-state index in [1.54, 1.807) is 0 Å². The molecule has 0 spiro atoms. The number of hydrogen-bond acceptors (Lipinski definition) is 5. The number of anilines is 1. The Morgan fingerprint density at radius 3 is 2.95 bits per heavy atom. The average molecular weight is 318 g/mol. The molecule has 0 fully saturated rings. The van der Waals surface area contributed by atoms with Crippen LogP contribution in [0.25, 0.3) is 10.9 Å². The monoisotopic (exact) mass is 318 g/mol. The summed E-state index contributed by atoms with van der Waals surface area (Å²) >= 11 is 1.24. The van der Waals surface area contributed by atoms with Crippen LogP contribution in [0.15, 0.2) is 29.2 Å². The lowest BCUT2D eigenvalue weighted by Crippen LogP contribution is -2.22. The van der Waals surface area contributed by atoms with Gasteiger partial charge in [0.15, 0.2) is 0 Å². The van der Waals surface area contributed by atoms with E-state index in [2.05, 4.69) is 20.5 Å². The first-order valence-electron chi connectivity index (χ1n) is 6.53. The van der Waals surface area contributed by atoms with Crippen molar-refractivity contribution < 1.29 is 9.18 Å². The number of para-hydroxylation sites is 1. The zero-order valence-corrected chi connectivity index (χ0v) is 12.3. The molecule has 0 saturated carbocycles. The minimum atomic E-state index is -0.605. The van der Waals surface area contributed by atoms with Gasteiger partial charge in [-0.15, -0.1) is 10.2 Å². The number of hydrogen-bond donors (Lipinski definition) is 2. The second kappa shape index (κ2) is 5.64. The highest BCUT2D eigenvalue weighted by molar-refractivity contribution is 7.15. The number of nitrogens with one attached hydrogen (secondary N) is 2. The molecular weight excluding hydrogens is 307 g/mol. The van der Waals surface area contributed by atoms with E-state index in [4.69, 9.17) is 0 Å². The van der Waals surface area contributed by atoms with Gasteiger partial charge in [0.25, 0.3) is 5.91 Å². The van der Waals surface area contributed by atoms with Crippen LogP contribution in [0, 0.1) is 5.82 Å². The molecule has 3 aromatic rings. The number of carbonyl (C=O) groups excluding carboxylic acids is 1. The van der Waals surface area contributed by atoms with Crippen LogP contribution in [0.3, 0.4) is 0 Å². The largest absolute Gasteiger partial charge is 0.358 e. The molecule has 2 heterocycles. The quantitative estimate of drug-likeness (QED) is 0.776. The number of fused-ring (bicyclic) bond motifs is 1. The maximum Gasteiger partial charge on any atom is 0.262 e. The van der Waals surface area contributed by atoms with E-state index in [0.29, 0.717) is 11.6 Å². The minimum Gasteiger partial charge on any atom is -0.358 e. The lowest BCUT2D eigenvalue weighted by atomic mass is 10.1. The maximum atomic E-state index is 13.6. The molecule has 2 aromatic heterocycles. The molecule has 0 saturated heterocycles. The first-order chi connectivity index (χ1) is 10.6. The molecule has 0 aliphatic rings. The third kappa shape index (κ3) is 2.48. The summed E-state index contributed by atoms with van der Waals surface area (Å²) in [6.45, 7) is 1.93. The first-order valence-corrected chi connectivity index (χ1v) is 7.35. The van der Waals surface area contributed by atoms with E-state index in [1.165, 1.54) is 35.7 Å². The maximum absolute atomic E-state index is 13.6. The Balaban J connectivity index is 1.97. The second-order valence-electron chi connectivity index (χ2n) is 4.50. The standard InChI is InChI=1S/C14H11FN4O2S/c1-2-10-18-19-14(22-10)17-13(21)8-6-16-11-7(12(8)20)4-3-5-9(11)15/h3-6H,2H2,1H3,(H,16,20)(H,17,19,21). The van der Waals surface area contributed by atoms with Gasteiger partial charge in [-0.2, -0.15) is 0 Å². The van der Waals surface area contributed by atoms with Gasteiger partial charge in [0.05, 0.1) is 5.52 Å². The molecule has 0 radical (unpaired) electrons. The number of pyridine rings is 1. The van der Waals surface area contributed by atoms with E-state index in [1.807, 2.05) is 6.92 Å². The van der Waals surface area contributed by atoms with Crippen molar-refractivity contribution in [2.24, 2.45) is 0 Å². The summed E-state index contributed by atoms with van der Waals surface area (Å²) in [5, 5.41) is 11.5. The Kier molecular flexibility index (Phi) is 3.68. The molecule has 0 atom stereocenters. The van der Waals surface area contributed by atoms with Crippen LogP contribution < -0.4 is 10.7 Å².